The minimum Gasteiger partial charge on any atom is -0.389 e. The molecular weight excluding hydrogens is 246 g/mol. The van der Waals surface area contributed by atoms with Gasteiger partial charge in [0.05, 0.1) is 38.4 Å². The molecule has 6 heteroatoms. The molecule has 0 aromatic carbocycles. The number of hydrogen-bond acceptors (Lipinski definition) is 5. The van der Waals surface area contributed by atoms with E-state index >= 15 is 0 Å². The quantitative estimate of drug-likeness (QED) is 0.566. The average Bonchev–Trinajstić information content (AvgIpc) is 2.87. The normalized spacial score (nSPS) is 13.1. The first-order valence-corrected chi connectivity index (χ1v) is 6.72. The number of aliphatic hydroxyl groups is 1. The van der Waals surface area contributed by atoms with Gasteiger partial charge in [-0.15, -0.1) is 0 Å². The summed E-state index contributed by atoms with van der Waals surface area (Å²) in [4.78, 5) is 3.96. The predicted molar refractivity (Wildman–Crippen MR) is 73.0 cm³/mol. The van der Waals surface area contributed by atoms with E-state index in [1.807, 2.05) is 24.6 Å². The lowest BCUT2D eigenvalue weighted by Crippen LogP contribution is -2.32. The van der Waals surface area contributed by atoms with Gasteiger partial charge in [-0.25, -0.2) is 4.98 Å². The van der Waals surface area contributed by atoms with Gasteiger partial charge in [-0.3, -0.25) is 0 Å². The summed E-state index contributed by atoms with van der Waals surface area (Å²) in [5.74, 6) is 0. The van der Waals surface area contributed by atoms with Crippen molar-refractivity contribution < 1.29 is 14.6 Å². The minimum atomic E-state index is -0.484. The monoisotopic (exact) mass is 271 g/mol. The van der Waals surface area contributed by atoms with Crippen LogP contribution in [0.2, 0.25) is 0 Å². The van der Waals surface area contributed by atoms with Gasteiger partial charge in [0.15, 0.2) is 0 Å². The molecular formula is C13H25N3O3. The van der Waals surface area contributed by atoms with Crippen LogP contribution in [-0.4, -0.2) is 59.8 Å². The van der Waals surface area contributed by atoms with E-state index in [4.69, 9.17) is 9.47 Å². The molecule has 0 fully saturated rings. The third-order valence-corrected chi connectivity index (χ3v) is 2.48. The molecule has 1 rings (SSSR count). The number of aliphatic hydroxyl groups excluding tert-OH is 1. The van der Waals surface area contributed by atoms with Crippen LogP contribution in [-0.2, 0) is 16.0 Å². The summed E-state index contributed by atoms with van der Waals surface area (Å²) in [5.41, 5.74) is 0. The van der Waals surface area contributed by atoms with E-state index in [2.05, 4.69) is 10.3 Å². The van der Waals surface area contributed by atoms with Crippen molar-refractivity contribution in [1.29, 1.82) is 0 Å². The standard InChI is InChI=1S/C13H25N3O3/c1-12(2)19-8-7-18-10-13(17)9-14-3-5-16-6-4-15-11-16/h4,6,11-14,17H,3,5,7-10H2,1-2H3. The van der Waals surface area contributed by atoms with E-state index in [9.17, 15) is 5.11 Å². The average molecular weight is 271 g/mol. The first-order chi connectivity index (χ1) is 9.18. The second-order valence-corrected chi connectivity index (χ2v) is 4.65. The highest BCUT2D eigenvalue weighted by Gasteiger charge is 2.03. The summed E-state index contributed by atoms with van der Waals surface area (Å²) in [6.45, 7) is 7.56. The highest BCUT2D eigenvalue weighted by molar-refractivity contribution is 4.74. The minimum absolute atomic E-state index is 0.221. The Morgan fingerprint density at radius 3 is 2.89 bits per heavy atom. The molecule has 110 valence electrons. The maximum atomic E-state index is 9.67. The van der Waals surface area contributed by atoms with Gasteiger partial charge in [0, 0.05) is 32.0 Å². The molecule has 2 N–H and O–H groups in total. The maximum Gasteiger partial charge on any atom is 0.0946 e. The van der Waals surface area contributed by atoms with E-state index in [-0.39, 0.29) is 6.10 Å². The van der Waals surface area contributed by atoms with Gasteiger partial charge in [-0.1, -0.05) is 0 Å². The van der Waals surface area contributed by atoms with E-state index in [0.717, 1.165) is 13.1 Å². The Labute approximate surface area is 114 Å². The zero-order chi connectivity index (χ0) is 13.9. The van der Waals surface area contributed by atoms with Crippen molar-refractivity contribution in [3.05, 3.63) is 18.7 Å². The Kier molecular flexibility index (Phi) is 8.40. The molecule has 0 radical (unpaired) electrons. The van der Waals surface area contributed by atoms with Crippen molar-refractivity contribution in [3.8, 4) is 0 Å². The van der Waals surface area contributed by atoms with Crippen molar-refractivity contribution >= 4 is 0 Å². The lowest BCUT2D eigenvalue weighted by atomic mass is 10.4. The zero-order valence-corrected chi connectivity index (χ0v) is 11.8. The Hall–Kier alpha value is -0.950. The number of nitrogens with one attached hydrogen (secondary N) is 1. The van der Waals surface area contributed by atoms with E-state index in [1.165, 1.54) is 0 Å². The fraction of sp³-hybridized carbons (Fsp3) is 0.769. The van der Waals surface area contributed by atoms with Crippen molar-refractivity contribution in [2.45, 2.75) is 32.6 Å². The van der Waals surface area contributed by atoms with Gasteiger partial charge >= 0.3 is 0 Å². The van der Waals surface area contributed by atoms with Crippen LogP contribution in [0.3, 0.4) is 0 Å². The Balaban J connectivity index is 1.89. The third kappa shape index (κ3) is 8.72. The van der Waals surface area contributed by atoms with Gasteiger partial charge in [0.25, 0.3) is 0 Å². The first-order valence-electron chi connectivity index (χ1n) is 6.72. The first kappa shape index (κ1) is 16.1. The second kappa shape index (κ2) is 9.91. The molecule has 0 saturated carbocycles. The molecule has 0 aliphatic rings. The summed E-state index contributed by atoms with van der Waals surface area (Å²) in [5, 5.41) is 12.8. The molecule has 0 amide bonds. The summed E-state index contributed by atoms with van der Waals surface area (Å²) >= 11 is 0. The van der Waals surface area contributed by atoms with Gasteiger partial charge in [0.2, 0.25) is 0 Å². The molecule has 0 bridgehead atoms. The molecule has 0 aliphatic carbocycles. The topological polar surface area (TPSA) is 68.5 Å². The van der Waals surface area contributed by atoms with Crippen LogP contribution >= 0.6 is 0 Å². The van der Waals surface area contributed by atoms with Crippen molar-refractivity contribution in [2.24, 2.45) is 0 Å². The molecule has 6 nitrogen and oxygen atoms in total. The van der Waals surface area contributed by atoms with Crippen LogP contribution in [0.25, 0.3) is 0 Å². The fourth-order valence-corrected chi connectivity index (χ4v) is 1.52. The summed E-state index contributed by atoms with van der Waals surface area (Å²) < 4.78 is 12.6. The Morgan fingerprint density at radius 2 is 2.21 bits per heavy atom. The highest BCUT2D eigenvalue weighted by Crippen LogP contribution is 1.89. The van der Waals surface area contributed by atoms with E-state index in [1.54, 1.807) is 12.5 Å². The van der Waals surface area contributed by atoms with Gasteiger partial charge in [-0.2, -0.15) is 0 Å². The molecule has 1 atom stereocenters. The van der Waals surface area contributed by atoms with Crippen LogP contribution in [0.4, 0.5) is 0 Å². The SMILES string of the molecule is CC(C)OCCOCC(O)CNCCn1ccnc1. The molecule has 1 heterocycles. The lowest BCUT2D eigenvalue weighted by Gasteiger charge is -2.13. The van der Waals surface area contributed by atoms with Crippen LogP contribution in [0.1, 0.15) is 13.8 Å². The van der Waals surface area contributed by atoms with E-state index < -0.39 is 6.10 Å². The van der Waals surface area contributed by atoms with Crippen molar-refractivity contribution in [2.75, 3.05) is 32.9 Å². The summed E-state index contributed by atoms with van der Waals surface area (Å²) in [6, 6.07) is 0. The molecule has 1 aromatic rings. The van der Waals surface area contributed by atoms with Crippen LogP contribution in [0, 0.1) is 0 Å². The number of nitrogens with zero attached hydrogens (tertiary/aromatic N) is 2. The van der Waals surface area contributed by atoms with E-state index in [0.29, 0.717) is 26.4 Å². The number of ether oxygens (including phenoxy) is 2. The molecule has 1 aromatic heterocycles. The lowest BCUT2D eigenvalue weighted by molar-refractivity contribution is -0.00994. The number of aromatic nitrogens is 2. The molecule has 19 heavy (non-hydrogen) atoms. The smallest absolute Gasteiger partial charge is 0.0946 e. The maximum absolute atomic E-state index is 9.67. The highest BCUT2D eigenvalue weighted by atomic mass is 16.5. The molecule has 0 aliphatic heterocycles. The fourth-order valence-electron chi connectivity index (χ4n) is 1.52. The summed E-state index contributed by atoms with van der Waals surface area (Å²) in [6.07, 6.45) is 5.17. The number of rotatable bonds is 11. The number of hydrogen-bond donors (Lipinski definition) is 2. The molecule has 0 spiro atoms. The Morgan fingerprint density at radius 1 is 1.37 bits per heavy atom. The largest absolute Gasteiger partial charge is 0.389 e. The van der Waals surface area contributed by atoms with Gasteiger partial charge < -0.3 is 24.5 Å². The van der Waals surface area contributed by atoms with Crippen molar-refractivity contribution in [1.82, 2.24) is 14.9 Å². The van der Waals surface area contributed by atoms with Crippen LogP contribution < -0.4 is 5.32 Å². The summed E-state index contributed by atoms with van der Waals surface area (Å²) in [7, 11) is 0. The predicted octanol–water partition coefficient (Wildman–Crippen LogP) is 0.275. The van der Waals surface area contributed by atoms with Crippen molar-refractivity contribution in [3.63, 3.8) is 0 Å². The van der Waals surface area contributed by atoms with Gasteiger partial charge in [0.1, 0.15) is 0 Å². The zero-order valence-electron chi connectivity index (χ0n) is 11.8. The molecule has 0 saturated heterocycles. The third-order valence-electron chi connectivity index (χ3n) is 2.48. The second-order valence-electron chi connectivity index (χ2n) is 4.65. The Bertz CT molecular complexity index is 304. The van der Waals surface area contributed by atoms with Crippen LogP contribution in [0.15, 0.2) is 18.7 Å². The molecule has 1 unspecified atom stereocenters. The number of imidazole rings is 1. The van der Waals surface area contributed by atoms with Gasteiger partial charge in [-0.05, 0) is 13.8 Å². The van der Waals surface area contributed by atoms with Crippen LogP contribution in [0.5, 0.6) is 0 Å².